The molecular formula is C8H12ClNO. The number of hydrogen-bond acceptors (Lipinski definition) is 2. The Bertz CT molecular complexity index is 183. The molecule has 11 heavy (non-hydrogen) atoms. The fraction of sp³-hybridized carbons (Fsp3) is 0.875. The Hall–Kier alpha value is -0.0800. The van der Waals surface area contributed by atoms with Crippen LogP contribution in [0.5, 0.6) is 0 Å². The van der Waals surface area contributed by atoms with Gasteiger partial charge in [0.05, 0.1) is 0 Å². The number of piperidine rings is 1. The third-order valence-electron chi connectivity index (χ3n) is 2.95. The standard InChI is InChI=1S/C8H12ClNO/c1-10-3-6-5(2-8(9)11)7(6)4-10/h5-7H,2-4H2,1H3. The van der Waals surface area contributed by atoms with E-state index in [4.69, 9.17) is 11.6 Å². The molecule has 0 N–H and O–H groups in total. The summed E-state index contributed by atoms with van der Waals surface area (Å²) in [6.45, 7) is 2.33. The molecule has 2 rings (SSSR count). The Labute approximate surface area is 71.5 Å². The van der Waals surface area contributed by atoms with Crippen LogP contribution < -0.4 is 0 Å². The molecule has 0 aromatic rings. The lowest BCUT2D eigenvalue weighted by molar-refractivity contribution is -0.112. The summed E-state index contributed by atoms with van der Waals surface area (Å²) in [7, 11) is 2.13. The first kappa shape index (κ1) is 7.56. The van der Waals surface area contributed by atoms with E-state index >= 15 is 0 Å². The second-order valence-corrected chi connectivity index (χ2v) is 4.19. The van der Waals surface area contributed by atoms with E-state index in [9.17, 15) is 4.79 Å². The molecule has 0 bridgehead atoms. The highest BCUT2D eigenvalue weighted by Crippen LogP contribution is 2.53. The zero-order chi connectivity index (χ0) is 8.01. The van der Waals surface area contributed by atoms with Crippen LogP contribution in [0, 0.1) is 17.8 Å². The third-order valence-corrected chi connectivity index (χ3v) is 3.10. The monoisotopic (exact) mass is 173 g/mol. The smallest absolute Gasteiger partial charge is 0.221 e. The molecule has 0 aromatic heterocycles. The first-order chi connectivity index (χ1) is 5.18. The van der Waals surface area contributed by atoms with Gasteiger partial charge in [-0.25, -0.2) is 0 Å². The van der Waals surface area contributed by atoms with Crippen LogP contribution in [0.15, 0.2) is 0 Å². The Morgan fingerprint density at radius 2 is 2.09 bits per heavy atom. The van der Waals surface area contributed by atoms with Crippen molar-refractivity contribution in [3.63, 3.8) is 0 Å². The molecule has 2 unspecified atom stereocenters. The number of halogens is 1. The summed E-state index contributed by atoms with van der Waals surface area (Å²) in [6.07, 6.45) is 0.602. The number of rotatable bonds is 2. The van der Waals surface area contributed by atoms with E-state index in [0.29, 0.717) is 12.3 Å². The lowest BCUT2D eigenvalue weighted by Crippen LogP contribution is -2.19. The van der Waals surface area contributed by atoms with Crippen LogP contribution in [0.4, 0.5) is 0 Å². The van der Waals surface area contributed by atoms with Gasteiger partial charge in [-0.1, -0.05) is 0 Å². The average molecular weight is 174 g/mol. The molecule has 1 aliphatic carbocycles. The number of fused-ring (bicyclic) bond motifs is 1. The normalized spacial score (nSPS) is 42.2. The number of carbonyl (C=O) groups excluding carboxylic acids is 1. The molecule has 1 heterocycles. The Morgan fingerprint density at radius 1 is 1.55 bits per heavy atom. The van der Waals surface area contributed by atoms with Crippen molar-refractivity contribution in [2.24, 2.45) is 17.8 Å². The maximum atomic E-state index is 10.6. The van der Waals surface area contributed by atoms with E-state index in [1.54, 1.807) is 0 Å². The summed E-state index contributed by atoms with van der Waals surface area (Å²) >= 11 is 5.31. The number of hydrogen-bond donors (Lipinski definition) is 0. The van der Waals surface area contributed by atoms with Gasteiger partial charge in [0.25, 0.3) is 0 Å². The lowest BCUT2D eigenvalue weighted by atomic mass is 10.2. The summed E-state index contributed by atoms with van der Waals surface area (Å²) in [5.41, 5.74) is 0. The molecule has 1 saturated carbocycles. The lowest BCUT2D eigenvalue weighted by Gasteiger charge is -2.11. The maximum Gasteiger partial charge on any atom is 0.221 e. The van der Waals surface area contributed by atoms with Gasteiger partial charge in [-0.2, -0.15) is 0 Å². The Balaban J connectivity index is 1.83. The van der Waals surface area contributed by atoms with Gasteiger partial charge >= 0.3 is 0 Å². The molecule has 1 saturated heterocycles. The van der Waals surface area contributed by atoms with Crippen LogP contribution in [0.2, 0.25) is 0 Å². The average Bonchev–Trinajstić information content (AvgIpc) is 2.43. The molecule has 2 nitrogen and oxygen atoms in total. The van der Waals surface area contributed by atoms with Gasteiger partial charge in [-0.3, -0.25) is 4.79 Å². The van der Waals surface area contributed by atoms with Gasteiger partial charge in [0.15, 0.2) is 0 Å². The maximum absolute atomic E-state index is 10.6. The van der Waals surface area contributed by atoms with Crippen LogP contribution in [-0.2, 0) is 4.79 Å². The summed E-state index contributed by atoms with van der Waals surface area (Å²) < 4.78 is 0. The van der Waals surface area contributed by atoms with E-state index in [0.717, 1.165) is 11.8 Å². The van der Waals surface area contributed by atoms with Gasteiger partial charge in [0.2, 0.25) is 5.24 Å². The van der Waals surface area contributed by atoms with E-state index in [1.165, 1.54) is 13.1 Å². The molecule has 0 amide bonds. The third kappa shape index (κ3) is 1.30. The van der Waals surface area contributed by atoms with Crippen molar-refractivity contribution < 1.29 is 4.79 Å². The van der Waals surface area contributed by atoms with Crippen molar-refractivity contribution in [1.82, 2.24) is 4.90 Å². The second-order valence-electron chi connectivity index (χ2n) is 3.77. The predicted octanol–water partition coefficient (Wildman–Crippen LogP) is 0.950. The van der Waals surface area contributed by atoms with Gasteiger partial charge < -0.3 is 4.90 Å². The number of carbonyl (C=O) groups is 1. The van der Waals surface area contributed by atoms with Gasteiger partial charge in [-0.15, -0.1) is 0 Å². The minimum absolute atomic E-state index is 0.160. The first-order valence-electron chi connectivity index (χ1n) is 4.05. The predicted molar refractivity (Wildman–Crippen MR) is 43.4 cm³/mol. The van der Waals surface area contributed by atoms with E-state index in [1.807, 2.05) is 0 Å². The summed E-state index contributed by atoms with van der Waals surface area (Å²) in [6, 6.07) is 0. The fourth-order valence-corrected chi connectivity index (χ4v) is 2.53. The van der Waals surface area contributed by atoms with Crippen LogP contribution in [0.1, 0.15) is 6.42 Å². The SMILES string of the molecule is CN1CC2C(CC(=O)Cl)C2C1. The minimum Gasteiger partial charge on any atom is -0.306 e. The number of nitrogens with zero attached hydrogens (tertiary/aromatic N) is 1. The highest BCUT2D eigenvalue weighted by atomic mass is 35.5. The van der Waals surface area contributed by atoms with Gasteiger partial charge in [0.1, 0.15) is 0 Å². The highest BCUT2D eigenvalue weighted by molar-refractivity contribution is 6.63. The van der Waals surface area contributed by atoms with Crippen molar-refractivity contribution in [2.45, 2.75) is 6.42 Å². The first-order valence-corrected chi connectivity index (χ1v) is 4.43. The molecule has 3 heteroatoms. The fourth-order valence-electron chi connectivity index (χ4n) is 2.35. The quantitative estimate of drug-likeness (QED) is 0.580. The summed E-state index contributed by atoms with van der Waals surface area (Å²) in [4.78, 5) is 12.9. The second kappa shape index (κ2) is 2.46. The van der Waals surface area contributed by atoms with Gasteiger partial charge in [-0.05, 0) is 36.4 Å². The molecular weight excluding hydrogens is 162 g/mol. The van der Waals surface area contributed by atoms with Crippen molar-refractivity contribution in [3.05, 3.63) is 0 Å². The molecule has 2 atom stereocenters. The molecule has 0 aromatic carbocycles. The van der Waals surface area contributed by atoms with E-state index in [2.05, 4.69) is 11.9 Å². The largest absolute Gasteiger partial charge is 0.306 e. The molecule has 2 aliphatic rings. The zero-order valence-electron chi connectivity index (χ0n) is 6.59. The van der Waals surface area contributed by atoms with E-state index < -0.39 is 0 Å². The van der Waals surface area contributed by atoms with Gasteiger partial charge in [0, 0.05) is 19.5 Å². The summed E-state index contributed by atoms with van der Waals surface area (Å²) in [5.74, 6) is 2.18. The molecule has 1 aliphatic heterocycles. The Kier molecular flexibility index (Phi) is 1.69. The van der Waals surface area contributed by atoms with Crippen molar-refractivity contribution in [1.29, 1.82) is 0 Å². The summed E-state index contributed by atoms with van der Waals surface area (Å²) in [5, 5.41) is -0.160. The number of likely N-dealkylation sites (tertiary alicyclic amines) is 1. The van der Waals surface area contributed by atoms with Crippen LogP contribution in [0.25, 0.3) is 0 Å². The molecule has 62 valence electrons. The van der Waals surface area contributed by atoms with E-state index in [-0.39, 0.29) is 5.24 Å². The topological polar surface area (TPSA) is 20.3 Å². The van der Waals surface area contributed by atoms with Crippen LogP contribution >= 0.6 is 11.6 Å². The zero-order valence-corrected chi connectivity index (χ0v) is 7.34. The molecule has 0 spiro atoms. The van der Waals surface area contributed by atoms with Crippen LogP contribution in [-0.4, -0.2) is 30.3 Å². The van der Waals surface area contributed by atoms with Crippen LogP contribution in [0.3, 0.4) is 0 Å². The molecule has 2 fully saturated rings. The van der Waals surface area contributed by atoms with Crippen molar-refractivity contribution >= 4 is 16.8 Å². The Morgan fingerprint density at radius 3 is 2.55 bits per heavy atom. The molecule has 0 radical (unpaired) electrons. The minimum atomic E-state index is -0.160. The highest BCUT2D eigenvalue weighted by Gasteiger charge is 2.54. The van der Waals surface area contributed by atoms with Crippen molar-refractivity contribution in [2.75, 3.05) is 20.1 Å². The van der Waals surface area contributed by atoms with Crippen molar-refractivity contribution in [3.8, 4) is 0 Å².